The van der Waals surface area contributed by atoms with Crippen LogP contribution in [0.2, 0.25) is 0 Å². The molecule has 32 heavy (non-hydrogen) atoms. The molecular formula is C22H23F3N4O2S. The molecule has 170 valence electrons. The molecule has 0 spiro atoms. The summed E-state index contributed by atoms with van der Waals surface area (Å²) in [5.74, 6) is 0. The van der Waals surface area contributed by atoms with E-state index >= 15 is 0 Å². The van der Waals surface area contributed by atoms with Crippen molar-refractivity contribution >= 4 is 15.7 Å². The van der Waals surface area contributed by atoms with E-state index in [1.165, 1.54) is 0 Å². The SMILES string of the molecule is O=S(=O)(N1Cc2ccccc2N(Cc2cnc[nH]2)C(CCc2ccccc2)C1)C(F)(F)F. The van der Waals surface area contributed by atoms with Crippen molar-refractivity contribution in [2.45, 2.75) is 37.5 Å². The van der Waals surface area contributed by atoms with Crippen molar-refractivity contribution in [3.63, 3.8) is 0 Å². The van der Waals surface area contributed by atoms with E-state index in [2.05, 4.69) is 9.97 Å². The number of para-hydroxylation sites is 1. The van der Waals surface area contributed by atoms with Gasteiger partial charge in [0, 0.05) is 31.0 Å². The third kappa shape index (κ3) is 4.66. The normalized spacial score (nSPS) is 17.7. The van der Waals surface area contributed by atoms with E-state index in [-0.39, 0.29) is 13.1 Å². The molecule has 2 heterocycles. The van der Waals surface area contributed by atoms with Crippen LogP contribution in [0, 0.1) is 0 Å². The maximum Gasteiger partial charge on any atom is 0.511 e. The number of hydrogen-bond acceptors (Lipinski definition) is 4. The average molecular weight is 465 g/mol. The summed E-state index contributed by atoms with van der Waals surface area (Å²) in [6.07, 6.45) is 4.29. The van der Waals surface area contributed by atoms with Gasteiger partial charge in [0.1, 0.15) is 0 Å². The van der Waals surface area contributed by atoms with Gasteiger partial charge in [-0.25, -0.2) is 13.4 Å². The smallest absolute Gasteiger partial charge is 0.361 e. The molecular weight excluding hydrogens is 441 g/mol. The van der Waals surface area contributed by atoms with Gasteiger partial charge < -0.3 is 9.88 Å². The van der Waals surface area contributed by atoms with Crippen LogP contribution < -0.4 is 4.90 Å². The maximum absolute atomic E-state index is 13.5. The van der Waals surface area contributed by atoms with Gasteiger partial charge in [0.25, 0.3) is 0 Å². The molecule has 1 unspecified atom stereocenters. The first kappa shape index (κ1) is 22.3. The molecule has 0 saturated carbocycles. The van der Waals surface area contributed by atoms with Crippen molar-refractivity contribution in [2.75, 3.05) is 11.4 Å². The largest absolute Gasteiger partial charge is 0.511 e. The summed E-state index contributed by atoms with van der Waals surface area (Å²) in [5, 5.41) is 0. The number of alkyl halides is 3. The van der Waals surface area contributed by atoms with Crippen LogP contribution in [0.3, 0.4) is 0 Å². The third-order valence-corrected chi connectivity index (χ3v) is 7.18. The van der Waals surface area contributed by atoms with Gasteiger partial charge in [-0.15, -0.1) is 0 Å². The van der Waals surface area contributed by atoms with Crippen molar-refractivity contribution in [3.8, 4) is 0 Å². The number of sulfonamides is 1. The van der Waals surface area contributed by atoms with Crippen LogP contribution in [-0.2, 0) is 29.5 Å². The Bertz CT molecular complexity index is 1140. The molecule has 0 bridgehead atoms. The molecule has 10 heteroatoms. The number of anilines is 1. The lowest BCUT2D eigenvalue weighted by atomic mass is 10.0. The van der Waals surface area contributed by atoms with Gasteiger partial charge in [0.05, 0.1) is 18.6 Å². The zero-order valence-corrected chi connectivity index (χ0v) is 18.0. The lowest BCUT2D eigenvalue weighted by molar-refractivity contribution is -0.0492. The summed E-state index contributed by atoms with van der Waals surface area (Å²) < 4.78 is 65.7. The van der Waals surface area contributed by atoms with E-state index in [0.29, 0.717) is 29.3 Å². The monoisotopic (exact) mass is 464 g/mol. The Labute approximate surface area is 184 Å². The molecule has 3 aromatic rings. The minimum atomic E-state index is -5.48. The number of benzene rings is 2. The summed E-state index contributed by atoms with van der Waals surface area (Å²) >= 11 is 0. The van der Waals surface area contributed by atoms with Gasteiger partial charge in [-0.2, -0.15) is 17.5 Å². The molecule has 2 aromatic carbocycles. The number of rotatable bonds is 6. The molecule has 1 aliphatic heterocycles. The first-order valence-electron chi connectivity index (χ1n) is 10.2. The number of nitrogens with one attached hydrogen (secondary N) is 1. The third-order valence-electron chi connectivity index (χ3n) is 5.64. The van der Waals surface area contributed by atoms with E-state index in [4.69, 9.17) is 0 Å². The molecule has 1 aliphatic rings. The predicted molar refractivity (Wildman–Crippen MR) is 115 cm³/mol. The fourth-order valence-electron chi connectivity index (χ4n) is 4.03. The van der Waals surface area contributed by atoms with Gasteiger partial charge in [-0.05, 0) is 30.0 Å². The summed E-state index contributed by atoms with van der Waals surface area (Å²) in [5.41, 5.74) is -2.28. The Kier molecular flexibility index (Phi) is 6.25. The van der Waals surface area contributed by atoms with Gasteiger partial charge in [0.2, 0.25) is 0 Å². The molecule has 0 amide bonds. The van der Waals surface area contributed by atoms with E-state index in [9.17, 15) is 21.6 Å². The Morgan fingerprint density at radius 3 is 2.47 bits per heavy atom. The first-order valence-corrected chi connectivity index (χ1v) is 11.6. The molecule has 4 rings (SSSR count). The van der Waals surface area contributed by atoms with Crippen LogP contribution in [0.1, 0.15) is 23.2 Å². The molecule has 1 atom stereocenters. The number of H-pyrrole nitrogens is 1. The second kappa shape index (κ2) is 8.95. The van der Waals surface area contributed by atoms with Crippen LogP contribution in [0.25, 0.3) is 0 Å². The number of aromatic amines is 1. The topological polar surface area (TPSA) is 69.3 Å². The molecule has 0 saturated heterocycles. The number of halogens is 3. The van der Waals surface area contributed by atoms with Crippen LogP contribution in [0.4, 0.5) is 18.9 Å². The molecule has 0 radical (unpaired) electrons. The Hall–Kier alpha value is -2.85. The van der Waals surface area contributed by atoms with E-state index in [0.717, 1.165) is 16.9 Å². The van der Waals surface area contributed by atoms with Gasteiger partial charge >= 0.3 is 15.5 Å². The zero-order chi connectivity index (χ0) is 22.8. The highest BCUT2D eigenvalue weighted by Crippen LogP contribution is 2.35. The maximum atomic E-state index is 13.5. The lowest BCUT2D eigenvalue weighted by Gasteiger charge is -2.34. The zero-order valence-electron chi connectivity index (χ0n) is 17.2. The Morgan fingerprint density at radius 2 is 1.78 bits per heavy atom. The molecule has 1 aromatic heterocycles. The van der Waals surface area contributed by atoms with Crippen molar-refractivity contribution in [1.29, 1.82) is 0 Å². The fourth-order valence-corrected chi connectivity index (χ4v) is 5.00. The van der Waals surface area contributed by atoms with Crippen molar-refractivity contribution in [2.24, 2.45) is 0 Å². The van der Waals surface area contributed by atoms with Gasteiger partial charge in [0.15, 0.2) is 0 Å². The summed E-state index contributed by atoms with van der Waals surface area (Å²) in [6.45, 7) is -0.229. The number of fused-ring (bicyclic) bond motifs is 1. The highest BCUT2D eigenvalue weighted by molar-refractivity contribution is 7.89. The van der Waals surface area contributed by atoms with Crippen molar-refractivity contribution in [3.05, 3.63) is 83.9 Å². The molecule has 6 nitrogen and oxygen atoms in total. The number of aromatic nitrogens is 2. The van der Waals surface area contributed by atoms with E-state index in [1.807, 2.05) is 41.3 Å². The predicted octanol–water partition coefficient (Wildman–Crippen LogP) is 4.08. The number of aryl methyl sites for hydroxylation is 1. The number of hydrogen-bond donors (Lipinski definition) is 1. The van der Waals surface area contributed by atoms with Crippen LogP contribution in [0.5, 0.6) is 0 Å². The summed E-state index contributed by atoms with van der Waals surface area (Å²) in [7, 11) is -5.48. The lowest BCUT2D eigenvalue weighted by Crippen LogP contribution is -2.47. The first-order chi connectivity index (χ1) is 15.3. The van der Waals surface area contributed by atoms with Crippen molar-refractivity contribution < 1.29 is 21.6 Å². The Balaban J connectivity index is 1.73. The van der Waals surface area contributed by atoms with Gasteiger partial charge in [-0.3, -0.25) is 0 Å². The summed E-state index contributed by atoms with van der Waals surface area (Å²) in [4.78, 5) is 9.05. The Morgan fingerprint density at radius 1 is 1.06 bits per heavy atom. The highest BCUT2D eigenvalue weighted by atomic mass is 32.2. The molecule has 0 aliphatic carbocycles. The van der Waals surface area contributed by atoms with E-state index in [1.54, 1.807) is 30.7 Å². The van der Waals surface area contributed by atoms with Crippen LogP contribution in [0.15, 0.2) is 67.1 Å². The second-order valence-electron chi connectivity index (χ2n) is 7.75. The quantitative estimate of drug-likeness (QED) is 0.597. The standard InChI is InChI=1S/C22H23F3N4O2S/c23-22(24,25)32(30,31)28-13-18-8-4-5-9-21(18)29(14-19-12-26-16-27-19)20(15-28)11-10-17-6-2-1-3-7-17/h1-9,12,16,20H,10-11,13-15H2,(H,26,27). The number of imidazole rings is 1. The average Bonchev–Trinajstić information content (AvgIpc) is 3.22. The van der Waals surface area contributed by atoms with Crippen LogP contribution in [-0.4, -0.2) is 40.8 Å². The van der Waals surface area contributed by atoms with E-state index < -0.39 is 21.6 Å². The second-order valence-corrected chi connectivity index (χ2v) is 9.68. The molecule has 0 fully saturated rings. The van der Waals surface area contributed by atoms with Gasteiger partial charge in [-0.1, -0.05) is 48.5 Å². The highest BCUT2D eigenvalue weighted by Gasteiger charge is 2.51. The number of nitrogens with zero attached hydrogens (tertiary/aromatic N) is 3. The minimum Gasteiger partial charge on any atom is -0.361 e. The summed E-state index contributed by atoms with van der Waals surface area (Å²) in [6, 6.07) is 16.1. The minimum absolute atomic E-state index is 0.266. The van der Waals surface area contributed by atoms with Crippen LogP contribution >= 0.6 is 0 Å². The fraction of sp³-hybridized carbons (Fsp3) is 0.318. The molecule has 1 N–H and O–H groups in total. The van der Waals surface area contributed by atoms with Crippen molar-refractivity contribution in [1.82, 2.24) is 14.3 Å².